The molecule has 1 aromatic carbocycles. The van der Waals surface area contributed by atoms with Crippen molar-refractivity contribution in [3.63, 3.8) is 0 Å². The first-order valence-electron chi connectivity index (χ1n) is 12.7. The van der Waals surface area contributed by atoms with E-state index in [0.29, 0.717) is 58.3 Å². The number of aliphatic carboxylic acids is 1. The molecule has 1 unspecified atom stereocenters. The Labute approximate surface area is 227 Å². The Hall–Kier alpha value is -3.42. The number of allylic oxidation sites excluding steroid dienone is 1. The first-order chi connectivity index (χ1) is 18.1. The summed E-state index contributed by atoms with van der Waals surface area (Å²) >= 11 is 6.46. The van der Waals surface area contributed by atoms with E-state index in [1.54, 1.807) is 57.6 Å². The molecule has 0 radical (unpaired) electrons. The molecule has 0 amide bonds. The van der Waals surface area contributed by atoms with E-state index in [2.05, 4.69) is 16.7 Å². The number of hydrogen-bond donors (Lipinski definition) is 2. The molecule has 1 fully saturated rings. The quantitative estimate of drug-likeness (QED) is 0.191. The van der Waals surface area contributed by atoms with Gasteiger partial charge in [0.15, 0.2) is 0 Å². The number of aliphatic hydroxyl groups is 1. The molecule has 0 aliphatic heterocycles. The normalized spacial score (nSPS) is 15.4. The van der Waals surface area contributed by atoms with Gasteiger partial charge in [0.1, 0.15) is 22.8 Å². The minimum absolute atomic E-state index is 0.349. The third-order valence-corrected chi connectivity index (χ3v) is 7.50. The molecule has 1 atom stereocenters. The zero-order valence-electron chi connectivity index (χ0n) is 21.9. The summed E-state index contributed by atoms with van der Waals surface area (Å²) in [7, 11) is 1.57. The van der Waals surface area contributed by atoms with Crippen LogP contribution >= 0.6 is 11.6 Å². The maximum atomic E-state index is 11.6. The molecule has 1 aliphatic rings. The number of benzene rings is 1. The Morgan fingerprint density at radius 3 is 2.53 bits per heavy atom. The van der Waals surface area contributed by atoms with Crippen molar-refractivity contribution in [2.75, 3.05) is 7.11 Å². The fourth-order valence-electron chi connectivity index (χ4n) is 4.45. The monoisotopic (exact) mass is 536 g/mol. The highest BCUT2D eigenvalue weighted by atomic mass is 35.5. The number of carboxylic acid groups (broad SMARTS) is 1. The van der Waals surface area contributed by atoms with Crippen molar-refractivity contribution in [3.8, 4) is 17.0 Å². The van der Waals surface area contributed by atoms with E-state index < -0.39 is 17.0 Å². The number of methoxy groups -OCH3 is 1. The molecule has 38 heavy (non-hydrogen) atoms. The fourth-order valence-corrected chi connectivity index (χ4v) is 4.69. The third-order valence-electron chi connectivity index (χ3n) is 7.22. The molecule has 0 spiro atoms. The van der Waals surface area contributed by atoms with Crippen LogP contribution in [0.2, 0.25) is 5.02 Å². The second-order valence-corrected chi connectivity index (χ2v) is 10.6. The van der Waals surface area contributed by atoms with Crippen LogP contribution in [0.15, 0.2) is 59.9 Å². The van der Waals surface area contributed by atoms with Crippen molar-refractivity contribution >= 4 is 23.6 Å². The highest BCUT2D eigenvalue weighted by molar-refractivity contribution is 6.33. The van der Waals surface area contributed by atoms with Crippen molar-refractivity contribution in [3.05, 3.63) is 82.9 Å². The molecule has 0 bridgehead atoms. The Bertz CT molecular complexity index is 1340. The van der Waals surface area contributed by atoms with Gasteiger partial charge in [-0.3, -0.25) is 9.78 Å². The lowest BCUT2D eigenvalue weighted by atomic mass is 9.82. The maximum absolute atomic E-state index is 11.6. The Morgan fingerprint density at radius 1 is 1.24 bits per heavy atom. The molecule has 7 nitrogen and oxygen atoms in total. The molecule has 200 valence electrons. The lowest BCUT2D eigenvalue weighted by molar-refractivity contribution is -0.142. The smallest absolute Gasteiger partial charge is 0.313 e. The lowest BCUT2D eigenvalue weighted by Crippen LogP contribution is -2.29. The van der Waals surface area contributed by atoms with E-state index in [9.17, 15) is 15.0 Å². The van der Waals surface area contributed by atoms with Crippen molar-refractivity contribution < 1.29 is 24.3 Å². The molecule has 1 aliphatic carbocycles. The SMILES string of the molecule is C=CC(O)(CCC/C=C/c1c(-c2c(Cl)cncc2OC)noc1C1CC1)c1ccc(C(C)(C)C(=O)O)cc1. The number of aromatic nitrogens is 2. The summed E-state index contributed by atoms with van der Waals surface area (Å²) in [5, 5.41) is 25.5. The van der Waals surface area contributed by atoms with Gasteiger partial charge in [0, 0.05) is 17.7 Å². The maximum Gasteiger partial charge on any atom is 0.313 e. The molecule has 8 heteroatoms. The average Bonchev–Trinajstić information content (AvgIpc) is 3.68. The van der Waals surface area contributed by atoms with Crippen molar-refractivity contribution in [1.82, 2.24) is 10.1 Å². The number of carboxylic acids is 1. The van der Waals surface area contributed by atoms with Crippen molar-refractivity contribution in [1.29, 1.82) is 0 Å². The number of halogens is 1. The Kier molecular flexibility index (Phi) is 8.09. The molecular formula is C30H33ClN2O5. The van der Waals surface area contributed by atoms with Gasteiger partial charge >= 0.3 is 5.97 Å². The van der Waals surface area contributed by atoms with E-state index in [1.165, 1.54) is 6.08 Å². The predicted molar refractivity (Wildman–Crippen MR) is 147 cm³/mol. The number of rotatable bonds is 12. The highest BCUT2D eigenvalue weighted by Gasteiger charge is 2.33. The molecule has 0 saturated heterocycles. The lowest BCUT2D eigenvalue weighted by Gasteiger charge is -2.26. The second-order valence-electron chi connectivity index (χ2n) is 10.2. The van der Waals surface area contributed by atoms with Gasteiger partial charge in [0.2, 0.25) is 0 Å². The molecule has 2 N–H and O–H groups in total. The van der Waals surface area contributed by atoms with E-state index >= 15 is 0 Å². The number of ether oxygens (including phenoxy) is 1. The van der Waals surface area contributed by atoms with Gasteiger partial charge in [-0.25, -0.2) is 0 Å². The average molecular weight is 537 g/mol. The highest BCUT2D eigenvalue weighted by Crippen LogP contribution is 2.46. The number of carbonyl (C=O) groups is 1. The molecule has 2 aromatic heterocycles. The largest absolute Gasteiger partial charge is 0.494 e. The third kappa shape index (κ3) is 5.54. The molecule has 2 heterocycles. The zero-order valence-corrected chi connectivity index (χ0v) is 22.7. The first kappa shape index (κ1) is 27.6. The van der Waals surface area contributed by atoms with E-state index in [1.807, 2.05) is 12.2 Å². The van der Waals surface area contributed by atoms with Gasteiger partial charge in [-0.15, -0.1) is 0 Å². The van der Waals surface area contributed by atoms with Crippen LogP contribution in [0.1, 0.15) is 74.3 Å². The first-order valence-corrected chi connectivity index (χ1v) is 13.0. The van der Waals surface area contributed by atoms with E-state index in [-0.39, 0.29) is 0 Å². The van der Waals surface area contributed by atoms with Crippen LogP contribution in [0.4, 0.5) is 0 Å². The summed E-state index contributed by atoms with van der Waals surface area (Å²) in [6.45, 7) is 7.16. The summed E-state index contributed by atoms with van der Waals surface area (Å²) < 4.78 is 11.2. The van der Waals surface area contributed by atoms with Crippen molar-refractivity contribution in [2.24, 2.45) is 0 Å². The Morgan fingerprint density at radius 2 is 1.92 bits per heavy atom. The van der Waals surface area contributed by atoms with E-state index in [4.69, 9.17) is 20.9 Å². The second kappa shape index (κ2) is 11.1. The topological polar surface area (TPSA) is 106 Å². The van der Waals surface area contributed by atoms with E-state index in [0.717, 1.165) is 24.2 Å². The standard InChI is InChI=1S/C30H33ClN2O5/c1-5-30(36,21-14-12-20(13-15-21)29(2,3)28(34)35)16-8-6-7-9-22-26(33-38-27(22)19-10-11-19)25-23(31)17-32-18-24(25)37-4/h5,7,9,12-15,17-19,36H,1,6,8,10-11,16H2,2-4H3,(H,34,35)/b9-7+. The summed E-state index contributed by atoms with van der Waals surface area (Å²) in [5.74, 6) is 0.818. The zero-order chi connectivity index (χ0) is 27.5. The van der Waals surface area contributed by atoms with Crippen LogP contribution in [0, 0.1) is 0 Å². The van der Waals surface area contributed by atoms with Crippen LogP contribution in [0.3, 0.4) is 0 Å². The van der Waals surface area contributed by atoms with Crippen LogP contribution < -0.4 is 4.74 Å². The fraction of sp³-hybridized carbons (Fsp3) is 0.367. The summed E-state index contributed by atoms with van der Waals surface area (Å²) in [6.07, 6.45) is 12.7. The van der Waals surface area contributed by atoms with Gasteiger partial charge in [0.05, 0.1) is 29.3 Å². The van der Waals surface area contributed by atoms with Crippen LogP contribution in [0.25, 0.3) is 17.3 Å². The minimum atomic E-state index is -1.22. The van der Waals surface area contributed by atoms with Crippen molar-refractivity contribution in [2.45, 2.75) is 62.9 Å². The summed E-state index contributed by atoms with van der Waals surface area (Å²) in [4.78, 5) is 15.7. The van der Waals surface area contributed by atoms with Gasteiger partial charge in [-0.1, -0.05) is 65.8 Å². The molecular weight excluding hydrogens is 504 g/mol. The van der Waals surface area contributed by atoms with Crippen LogP contribution in [0.5, 0.6) is 5.75 Å². The van der Waals surface area contributed by atoms with Gasteiger partial charge in [-0.2, -0.15) is 0 Å². The van der Waals surface area contributed by atoms with Crippen LogP contribution in [-0.4, -0.2) is 33.4 Å². The van der Waals surface area contributed by atoms with Gasteiger partial charge in [-0.05, 0) is 57.1 Å². The summed E-state index contributed by atoms with van der Waals surface area (Å²) in [6, 6.07) is 7.05. The number of unbranched alkanes of at least 4 members (excludes halogenated alkanes) is 1. The number of nitrogens with zero attached hydrogens (tertiary/aromatic N) is 2. The number of hydrogen-bond acceptors (Lipinski definition) is 6. The molecule has 3 aromatic rings. The minimum Gasteiger partial charge on any atom is -0.494 e. The number of pyridine rings is 1. The summed E-state index contributed by atoms with van der Waals surface area (Å²) in [5.41, 5.74) is 1.27. The Balaban J connectivity index is 1.48. The molecule has 4 rings (SSSR count). The van der Waals surface area contributed by atoms with Crippen LogP contribution in [-0.2, 0) is 15.8 Å². The van der Waals surface area contributed by atoms with Gasteiger partial charge < -0.3 is 19.5 Å². The molecule has 1 saturated carbocycles. The predicted octanol–water partition coefficient (Wildman–Crippen LogP) is 6.90. The van der Waals surface area contributed by atoms with Gasteiger partial charge in [0.25, 0.3) is 0 Å².